The first-order valence-corrected chi connectivity index (χ1v) is 8.54. The first kappa shape index (κ1) is 14.4. The lowest BCUT2D eigenvalue weighted by Gasteiger charge is -2.26. The van der Waals surface area contributed by atoms with Gasteiger partial charge in [0.15, 0.2) is 0 Å². The van der Waals surface area contributed by atoms with Crippen LogP contribution >= 0.6 is 22.6 Å². The van der Waals surface area contributed by atoms with Gasteiger partial charge in [-0.15, -0.1) is 0 Å². The van der Waals surface area contributed by atoms with Gasteiger partial charge in [0.1, 0.15) is 0 Å². The largest absolute Gasteiger partial charge is 0.0654 e. The second-order valence-corrected chi connectivity index (χ2v) is 7.25. The van der Waals surface area contributed by atoms with Crippen LogP contribution in [-0.4, -0.2) is 0 Å². The minimum atomic E-state index is 0.902. The van der Waals surface area contributed by atoms with E-state index in [2.05, 4.69) is 54.6 Å². The molecule has 0 spiro atoms. The smallest absolute Gasteiger partial charge is 0.0133 e. The molecule has 0 nitrogen and oxygen atoms in total. The Balaban J connectivity index is 2.16. The third-order valence-electron chi connectivity index (χ3n) is 4.29. The van der Waals surface area contributed by atoms with Crippen LogP contribution in [0.25, 0.3) is 0 Å². The van der Waals surface area contributed by atoms with Gasteiger partial charge in [-0.1, -0.05) is 39.2 Å². The molecule has 100 valence electrons. The molecule has 1 aliphatic carbocycles. The van der Waals surface area contributed by atoms with Crippen LogP contribution in [0.4, 0.5) is 0 Å². The van der Waals surface area contributed by atoms with Gasteiger partial charge in [0.25, 0.3) is 0 Å². The third-order valence-corrected chi connectivity index (χ3v) is 4.96. The van der Waals surface area contributed by atoms with Crippen molar-refractivity contribution in [3.05, 3.63) is 32.9 Å². The van der Waals surface area contributed by atoms with E-state index in [1.807, 2.05) is 0 Å². The summed E-state index contributed by atoms with van der Waals surface area (Å²) in [6, 6.07) is 7.06. The normalized spacial score (nSPS) is 24.2. The van der Waals surface area contributed by atoms with E-state index in [0.717, 1.165) is 11.8 Å². The molecule has 0 N–H and O–H groups in total. The molecule has 1 heteroatoms. The third kappa shape index (κ3) is 3.97. The minimum absolute atomic E-state index is 0.902. The van der Waals surface area contributed by atoms with Gasteiger partial charge in [-0.2, -0.15) is 0 Å². The SMILES string of the molecule is CCCCC1Cc2cc(I)ccc2CC[C@@H](C)C1. The summed E-state index contributed by atoms with van der Waals surface area (Å²) in [6.07, 6.45) is 9.57. The fourth-order valence-corrected chi connectivity index (χ4v) is 3.78. The predicted octanol–water partition coefficient (Wildman–Crippen LogP) is 5.61. The summed E-state index contributed by atoms with van der Waals surface area (Å²) in [5, 5.41) is 0. The van der Waals surface area contributed by atoms with Crippen LogP contribution in [0.15, 0.2) is 18.2 Å². The standard InChI is InChI=1S/C17H25I/c1-3-4-5-14-10-13(2)6-7-15-8-9-17(18)12-16(15)11-14/h8-9,12-14H,3-7,10-11H2,1-2H3/t13-,14?/m1/s1. The maximum absolute atomic E-state index is 2.45. The lowest BCUT2D eigenvalue weighted by Crippen LogP contribution is -2.15. The molecule has 0 aliphatic heterocycles. The zero-order valence-electron chi connectivity index (χ0n) is 11.7. The molecule has 0 radical (unpaired) electrons. The molecule has 0 amide bonds. The first-order chi connectivity index (χ1) is 8.69. The Labute approximate surface area is 126 Å². The van der Waals surface area contributed by atoms with Crippen molar-refractivity contribution in [2.45, 2.75) is 58.8 Å². The molecule has 1 aromatic rings. The van der Waals surface area contributed by atoms with Gasteiger partial charge in [0.2, 0.25) is 0 Å². The quantitative estimate of drug-likeness (QED) is 0.618. The monoisotopic (exact) mass is 356 g/mol. The zero-order chi connectivity index (χ0) is 13.0. The number of aryl methyl sites for hydroxylation is 1. The summed E-state index contributed by atoms with van der Waals surface area (Å²) < 4.78 is 1.40. The second-order valence-electron chi connectivity index (χ2n) is 6.00. The summed E-state index contributed by atoms with van der Waals surface area (Å²) in [4.78, 5) is 0. The van der Waals surface area contributed by atoms with E-state index in [9.17, 15) is 0 Å². The molecule has 0 fully saturated rings. The molecule has 2 atom stereocenters. The van der Waals surface area contributed by atoms with E-state index in [1.165, 1.54) is 48.5 Å². The van der Waals surface area contributed by atoms with Gasteiger partial charge >= 0.3 is 0 Å². The maximum Gasteiger partial charge on any atom is 0.0133 e. The van der Waals surface area contributed by atoms with Crippen LogP contribution in [0, 0.1) is 15.4 Å². The van der Waals surface area contributed by atoms with Crippen LogP contribution in [0.3, 0.4) is 0 Å². The Morgan fingerprint density at radius 1 is 1.28 bits per heavy atom. The molecule has 0 saturated heterocycles. The Morgan fingerprint density at radius 2 is 2.11 bits per heavy atom. The highest BCUT2D eigenvalue weighted by Gasteiger charge is 2.19. The molecule has 0 bridgehead atoms. The van der Waals surface area contributed by atoms with E-state index >= 15 is 0 Å². The van der Waals surface area contributed by atoms with Crippen molar-refractivity contribution in [1.29, 1.82) is 0 Å². The van der Waals surface area contributed by atoms with Crippen LogP contribution in [0.5, 0.6) is 0 Å². The van der Waals surface area contributed by atoms with E-state index in [4.69, 9.17) is 0 Å². The van der Waals surface area contributed by atoms with Crippen molar-refractivity contribution in [2.75, 3.05) is 0 Å². The Hall–Kier alpha value is -0.0500. The van der Waals surface area contributed by atoms with Crippen molar-refractivity contribution in [1.82, 2.24) is 0 Å². The average Bonchev–Trinajstić information content (AvgIpc) is 2.33. The molecule has 0 saturated carbocycles. The van der Waals surface area contributed by atoms with Crippen molar-refractivity contribution in [3.63, 3.8) is 0 Å². The van der Waals surface area contributed by atoms with Gasteiger partial charge in [-0.25, -0.2) is 0 Å². The molecule has 0 heterocycles. The van der Waals surface area contributed by atoms with Gasteiger partial charge in [0.05, 0.1) is 0 Å². The number of hydrogen-bond acceptors (Lipinski definition) is 0. The number of halogens is 1. The number of unbranched alkanes of at least 4 members (excludes halogenated alkanes) is 1. The highest BCUT2D eigenvalue weighted by atomic mass is 127. The van der Waals surface area contributed by atoms with Gasteiger partial charge in [-0.3, -0.25) is 0 Å². The van der Waals surface area contributed by atoms with Gasteiger partial charge in [-0.05, 0) is 83.4 Å². The molecule has 1 aromatic carbocycles. The molecule has 0 aromatic heterocycles. The lowest BCUT2D eigenvalue weighted by molar-refractivity contribution is 0.337. The van der Waals surface area contributed by atoms with E-state index in [1.54, 1.807) is 11.1 Å². The highest BCUT2D eigenvalue weighted by Crippen LogP contribution is 2.30. The molecule has 18 heavy (non-hydrogen) atoms. The molecule has 1 unspecified atom stereocenters. The van der Waals surface area contributed by atoms with E-state index in [0.29, 0.717) is 0 Å². The Kier molecular flexibility index (Phi) is 5.53. The summed E-state index contributed by atoms with van der Waals surface area (Å²) in [5.41, 5.74) is 3.25. The number of fused-ring (bicyclic) bond motifs is 1. The van der Waals surface area contributed by atoms with Crippen molar-refractivity contribution in [3.8, 4) is 0 Å². The predicted molar refractivity (Wildman–Crippen MR) is 88.0 cm³/mol. The van der Waals surface area contributed by atoms with Gasteiger partial charge < -0.3 is 0 Å². The topological polar surface area (TPSA) is 0 Å². The fraction of sp³-hybridized carbons (Fsp3) is 0.647. The van der Waals surface area contributed by atoms with E-state index in [-0.39, 0.29) is 0 Å². The van der Waals surface area contributed by atoms with Crippen molar-refractivity contribution in [2.24, 2.45) is 11.8 Å². The van der Waals surface area contributed by atoms with Crippen molar-refractivity contribution >= 4 is 22.6 Å². The number of rotatable bonds is 3. The lowest BCUT2D eigenvalue weighted by atomic mass is 9.80. The summed E-state index contributed by atoms with van der Waals surface area (Å²) in [5.74, 6) is 1.82. The molecular weight excluding hydrogens is 331 g/mol. The molecular formula is C17H25I. The molecule has 2 rings (SSSR count). The van der Waals surface area contributed by atoms with Crippen molar-refractivity contribution < 1.29 is 0 Å². The average molecular weight is 356 g/mol. The highest BCUT2D eigenvalue weighted by molar-refractivity contribution is 14.1. The number of hydrogen-bond donors (Lipinski definition) is 0. The van der Waals surface area contributed by atoms with Crippen LogP contribution in [-0.2, 0) is 12.8 Å². The second kappa shape index (κ2) is 6.93. The minimum Gasteiger partial charge on any atom is -0.0654 e. The van der Waals surface area contributed by atoms with Crippen LogP contribution < -0.4 is 0 Å². The summed E-state index contributed by atoms with van der Waals surface area (Å²) in [6.45, 7) is 4.75. The summed E-state index contributed by atoms with van der Waals surface area (Å²) in [7, 11) is 0. The van der Waals surface area contributed by atoms with Crippen LogP contribution in [0.1, 0.15) is 57.1 Å². The number of benzene rings is 1. The summed E-state index contributed by atoms with van der Waals surface area (Å²) >= 11 is 2.45. The maximum atomic E-state index is 2.45. The molecule has 1 aliphatic rings. The van der Waals surface area contributed by atoms with Gasteiger partial charge in [0, 0.05) is 3.57 Å². The fourth-order valence-electron chi connectivity index (χ4n) is 3.22. The zero-order valence-corrected chi connectivity index (χ0v) is 13.9. The Morgan fingerprint density at radius 3 is 2.89 bits per heavy atom. The van der Waals surface area contributed by atoms with Crippen LogP contribution in [0.2, 0.25) is 0 Å². The first-order valence-electron chi connectivity index (χ1n) is 7.46. The van der Waals surface area contributed by atoms with E-state index < -0.39 is 0 Å². The Bertz CT molecular complexity index is 383.